The number of nitrogens with one attached hydrogen (secondary N) is 1. The molecule has 5 heteroatoms. The van der Waals surface area contributed by atoms with Gasteiger partial charge in [-0.2, -0.15) is 0 Å². The summed E-state index contributed by atoms with van der Waals surface area (Å²) in [5.74, 6) is -0.221. The van der Waals surface area contributed by atoms with Gasteiger partial charge in [-0.05, 0) is 50.8 Å². The minimum atomic E-state index is -0.142. The van der Waals surface area contributed by atoms with Crippen molar-refractivity contribution in [2.45, 2.75) is 33.6 Å². The second-order valence-electron chi connectivity index (χ2n) is 5.76. The maximum absolute atomic E-state index is 12.3. The summed E-state index contributed by atoms with van der Waals surface area (Å²) in [6.07, 6.45) is 1.33. The molecule has 1 aliphatic heterocycles. The minimum Gasteiger partial charge on any atom is -0.466 e. The molecule has 120 valence electrons. The number of urea groups is 1. The zero-order valence-electron chi connectivity index (χ0n) is 13.5. The molecule has 0 bridgehead atoms. The van der Waals surface area contributed by atoms with Gasteiger partial charge in [-0.3, -0.25) is 4.79 Å². The maximum Gasteiger partial charge on any atom is 0.321 e. The van der Waals surface area contributed by atoms with Crippen molar-refractivity contribution in [2.24, 2.45) is 5.92 Å². The van der Waals surface area contributed by atoms with Crippen LogP contribution in [0.5, 0.6) is 0 Å². The number of hydrogen-bond donors (Lipinski definition) is 1. The smallest absolute Gasteiger partial charge is 0.321 e. The number of likely N-dealkylation sites (tertiary alicyclic amines) is 1. The summed E-state index contributed by atoms with van der Waals surface area (Å²) in [6, 6.07) is 5.89. The molecule has 0 aromatic heterocycles. The van der Waals surface area contributed by atoms with Gasteiger partial charge in [0.15, 0.2) is 0 Å². The second kappa shape index (κ2) is 7.29. The first-order valence-electron chi connectivity index (χ1n) is 7.81. The van der Waals surface area contributed by atoms with Gasteiger partial charge in [0, 0.05) is 18.8 Å². The molecule has 0 aliphatic carbocycles. The lowest BCUT2D eigenvalue weighted by Gasteiger charge is -2.31. The molecule has 1 aromatic carbocycles. The lowest BCUT2D eigenvalue weighted by atomic mass is 9.97. The Kier molecular flexibility index (Phi) is 5.41. The van der Waals surface area contributed by atoms with Crippen molar-refractivity contribution in [3.63, 3.8) is 0 Å². The fourth-order valence-electron chi connectivity index (χ4n) is 2.64. The van der Waals surface area contributed by atoms with E-state index in [-0.39, 0.29) is 17.9 Å². The van der Waals surface area contributed by atoms with E-state index in [2.05, 4.69) is 5.32 Å². The Balaban J connectivity index is 1.90. The van der Waals surface area contributed by atoms with Gasteiger partial charge in [-0.25, -0.2) is 4.79 Å². The third-order valence-electron chi connectivity index (χ3n) is 4.04. The van der Waals surface area contributed by atoms with Crippen molar-refractivity contribution in [3.8, 4) is 0 Å². The van der Waals surface area contributed by atoms with Gasteiger partial charge < -0.3 is 15.0 Å². The zero-order chi connectivity index (χ0) is 16.1. The first kappa shape index (κ1) is 16.3. The van der Waals surface area contributed by atoms with Crippen LogP contribution in [0, 0.1) is 19.8 Å². The highest BCUT2D eigenvalue weighted by molar-refractivity contribution is 5.90. The van der Waals surface area contributed by atoms with Crippen molar-refractivity contribution in [1.29, 1.82) is 0 Å². The molecule has 1 aliphatic rings. The molecule has 5 nitrogen and oxygen atoms in total. The Morgan fingerprint density at radius 1 is 1.27 bits per heavy atom. The fourth-order valence-corrected chi connectivity index (χ4v) is 2.64. The van der Waals surface area contributed by atoms with Gasteiger partial charge in [0.25, 0.3) is 0 Å². The molecule has 2 rings (SSSR count). The van der Waals surface area contributed by atoms with E-state index >= 15 is 0 Å². The second-order valence-corrected chi connectivity index (χ2v) is 5.76. The molecule has 1 fully saturated rings. The average molecular weight is 304 g/mol. The standard InChI is InChI=1S/C17H24N2O3/c1-4-22-16(20)14-7-9-19(10-8-14)17(21)18-15-11-12(2)5-6-13(15)3/h5-6,11,14H,4,7-10H2,1-3H3,(H,18,21). The zero-order valence-corrected chi connectivity index (χ0v) is 13.5. The lowest BCUT2D eigenvalue weighted by molar-refractivity contribution is -0.149. The van der Waals surface area contributed by atoms with Gasteiger partial charge in [0.1, 0.15) is 0 Å². The highest BCUT2D eigenvalue weighted by atomic mass is 16.5. The third-order valence-corrected chi connectivity index (χ3v) is 4.04. The van der Waals surface area contributed by atoms with Crippen molar-refractivity contribution in [2.75, 3.05) is 25.0 Å². The first-order valence-corrected chi connectivity index (χ1v) is 7.81. The maximum atomic E-state index is 12.3. The average Bonchev–Trinajstić information content (AvgIpc) is 2.51. The summed E-state index contributed by atoms with van der Waals surface area (Å²) in [5, 5.41) is 2.96. The van der Waals surface area contributed by atoms with E-state index in [1.54, 1.807) is 4.90 Å². The monoisotopic (exact) mass is 304 g/mol. The lowest BCUT2D eigenvalue weighted by Crippen LogP contribution is -2.42. The third kappa shape index (κ3) is 4.00. The first-order chi connectivity index (χ1) is 10.5. The summed E-state index contributed by atoms with van der Waals surface area (Å²) in [5.41, 5.74) is 3.00. The van der Waals surface area contributed by atoms with Gasteiger partial charge in [-0.1, -0.05) is 12.1 Å². The Hall–Kier alpha value is -2.04. The molecule has 0 atom stereocenters. The van der Waals surface area contributed by atoms with E-state index in [1.165, 1.54) is 0 Å². The number of benzene rings is 1. The normalized spacial score (nSPS) is 15.5. The van der Waals surface area contributed by atoms with Crippen LogP contribution in [0.2, 0.25) is 0 Å². The van der Waals surface area contributed by atoms with Crippen molar-refractivity contribution in [1.82, 2.24) is 4.90 Å². The molecule has 1 aromatic rings. The topological polar surface area (TPSA) is 58.6 Å². The summed E-state index contributed by atoms with van der Waals surface area (Å²) in [7, 11) is 0. The Bertz CT molecular complexity index is 549. The summed E-state index contributed by atoms with van der Waals surface area (Å²) < 4.78 is 5.04. The Morgan fingerprint density at radius 3 is 2.59 bits per heavy atom. The highest BCUT2D eigenvalue weighted by Crippen LogP contribution is 2.21. The molecular formula is C17H24N2O3. The van der Waals surface area contributed by atoms with Crippen LogP contribution in [-0.2, 0) is 9.53 Å². The summed E-state index contributed by atoms with van der Waals surface area (Å²) in [6.45, 7) is 7.36. The van der Waals surface area contributed by atoms with Crippen LogP contribution < -0.4 is 5.32 Å². The van der Waals surface area contributed by atoms with Gasteiger partial charge in [-0.15, -0.1) is 0 Å². The molecule has 1 saturated heterocycles. The Morgan fingerprint density at radius 2 is 1.95 bits per heavy atom. The number of esters is 1. The number of nitrogens with zero attached hydrogens (tertiary/aromatic N) is 1. The van der Waals surface area contributed by atoms with Crippen LogP contribution in [0.4, 0.5) is 10.5 Å². The molecule has 22 heavy (non-hydrogen) atoms. The number of carbonyl (C=O) groups is 2. The largest absolute Gasteiger partial charge is 0.466 e. The van der Waals surface area contributed by atoms with E-state index < -0.39 is 0 Å². The number of amides is 2. The number of anilines is 1. The number of aryl methyl sites for hydroxylation is 2. The summed E-state index contributed by atoms with van der Waals surface area (Å²) >= 11 is 0. The number of hydrogen-bond acceptors (Lipinski definition) is 3. The highest BCUT2D eigenvalue weighted by Gasteiger charge is 2.28. The van der Waals surface area contributed by atoms with E-state index in [0.717, 1.165) is 16.8 Å². The SMILES string of the molecule is CCOC(=O)C1CCN(C(=O)Nc2cc(C)ccc2C)CC1. The van der Waals surface area contributed by atoms with Crippen molar-refractivity contribution >= 4 is 17.7 Å². The molecule has 0 saturated carbocycles. The van der Waals surface area contributed by atoms with Crippen LogP contribution in [0.1, 0.15) is 30.9 Å². The van der Waals surface area contributed by atoms with Gasteiger partial charge >= 0.3 is 12.0 Å². The van der Waals surface area contributed by atoms with Crippen LogP contribution in [-0.4, -0.2) is 36.6 Å². The number of rotatable bonds is 3. The molecule has 0 radical (unpaired) electrons. The quantitative estimate of drug-likeness (QED) is 0.873. The van der Waals surface area contributed by atoms with E-state index in [9.17, 15) is 9.59 Å². The van der Waals surface area contributed by atoms with E-state index in [1.807, 2.05) is 39.0 Å². The predicted molar refractivity (Wildman–Crippen MR) is 85.9 cm³/mol. The molecule has 0 unspecified atom stereocenters. The van der Waals surface area contributed by atoms with Crippen LogP contribution in [0.3, 0.4) is 0 Å². The fraction of sp³-hybridized carbons (Fsp3) is 0.529. The number of carbonyl (C=O) groups excluding carboxylic acids is 2. The van der Waals surface area contributed by atoms with E-state index in [0.29, 0.717) is 32.5 Å². The van der Waals surface area contributed by atoms with Crippen LogP contribution in [0.25, 0.3) is 0 Å². The van der Waals surface area contributed by atoms with Crippen LogP contribution >= 0.6 is 0 Å². The van der Waals surface area contributed by atoms with Crippen LogP contribution in [0.15, 0.2) is 18.2 Å². The van der Waals surface area contributed by atoms with E-state index in [4.69, 9.17) is 4.74 Å². The molecule has 2 amide bonds. The van der Waals surface area contributed by atoms with Gasteiger partial charge in [0.05, 0.1) is 12.5 Å². The number of piperidine rings is 1. The summed E-state index contributed by atoms with van der Waals surface area (Å²) in [4.78, 5) is 25.8. The van der Waals surface area contributed by atoms with Crippen molar-refractivity contribution < 1.29 is 14.3 Å². The van der Waals surface area contributed by atoms with Gasteiger partial charge in [0.2, 0.25) is 0 Å². The number of ether oxygens (including phenoxy) is 1. The molecule has 1 N–H and O–H groups in total. The van der Waals surface area contributed by atoms with Crippen molar-refractivity contribution in [3.05, 3.63) is 29.3 Å². The molecule has 0 spiro atoms. The molecule has 1 heterocycles. The predicted octanol–water partition coefficient (Wildman–Crippen LogP) is 3.11. The Labute approximate surface area is 131 Å². The molecular weight excluding hydrogens is 280 g/mol. The minimum absolute atomic E-state index is 0.0790.